The van der Waals surface area contributed by atoms with Crippen molar-refractivity contribution in [3.8, 4) is 11.5 Å². The van der Waals surface area contributed by atoms with Crippen molar-refractivity contribution in [3.05, 3.63) is 70.9 Å². The Morgan fingerprint density at radius 2 is 1.84 bits per heavy atom. The van der Waals surface area contributed by atoms with E-state index in [0.29, 0.717) is 41.1 Å². The summed E-state index contributed by atoms with van der Waals surface area (Å²) >= 11 is 5.33. The van der Waals surface area contributed by atoms with Gasteiger partial charge in [0.1, 0.15) is 6.61 Å². The standard InChI is InChI=1S/C24H28N2O4S/c1-5-28-20-13-18(11-12-19(20)29-14-17-9-7-6-8-10-17)22-21(23(27)30-15(2)3)16(4)25-24(31)26-22/h6-13,15,22H,5,14H2,1-4H3,(H2,25,26,31)/t22-/m0/s1. The predicted octanol–water partition coefficient (Wildman–Crippen LogP) is 4.41. The zero-order valence-corrected chi connectivity index (χ0v) is 19.0. The molecule has 0 saturated carbocycles. The first-order valence-corrected chi connectivity index (χ1v) is 10.7. The molecule has 0 amide bonds. The van der Waals surface area contributed by atoms with Crippen LogP contribution in [0.2, 0.25) is 0 Å². The lowest BCUT2D eigenvalue weighted by Crippen LogP contribution is -2.45. The lowest BCUT2D eigenvalue weighted by molar-refractivity contribution is -0.143. The number of rotatable bonds is 8. The summed E-state index contributed by atoms with van der Waals surface area (Å²) in [6.45, 7) is 8.30. The second-order valence-corrected chi connectivity index (χ2v) is 7.85. The molecule has 0 bridgehead atoms. The lowest BCUT2D eigenvalue weighted by Gasteiger charge is -2.30. The minimum Gasteiger partial charge on any atom is -0.490 e. The molecule has 1 atom stereocenters. The van der Waals surface area contributed by atoms with Crippen LogP contribution in [0, 0.1) is 0 Å². The number of hydrogen-bond acceptors (Lipinski definition) is 5. The van der Waals surface area contributed by atoms with Crippen LogP contribution in [0.15, 0.2) is 59.8 Å². The van der Waals surface area contributed by atoms with Gasteiger partial charge in [0, 0.05) is 5.70 Å². The van der Waals surface area contributed by atoms with Gasteiger partial charge >= 0.3 is 5.97 Å². The number of thiocarbonyl (C=S) groups is 1. The molecular formula is C24H28N2O4S. The molecule has 164 valence electrons. The number of benzene rings is 2. The van der Waals surface area contributed by atoms with Crippen molar-refractivity contribution in [2.45, 2.75) is 46.4 Å². The molecule has 0 saturated heterocycles. The van der Waals surface area contributed by atoms with Gasteiger partial charge in [-0.05, 0) is 63.2 Å². The van der Waals surface area contributed by atoms with Crippen molar-refractivity contribution in [1.29, 1.82) is 0 Å². The molecular weight excluding hydrogens is 412 g/mol. The number of carbonyl (C=O) groups is 1. The van der Waals surface area contributed by atoms with Crippen molar-refractivity contribution >= 4 is 23.3 Å². The van der Waals surface area contributed by atoms with E-state index in [1.54, 1.807) is 0 Å². The summed E-state index contributed by atoms with van der Waals surface area (Å²) in [7, 11) is 0. The number of carbonyl (C=O) groups excluding carboxylic acids is 1. The summed E-state index contributed by atoms with van der Waals surface area (Å²) in [4.78, 5) is 12.8. The van der Waals surface area contributed by atoms with Crippen LogP contribution in [-0.2, 0) is 16.1 Å². The molecule has 3 rings (SSSR count). The molecule has 1 aliphatic rings. The molecule has 1 heterocycles. The molecule has 2 aromatic carbocycles. The van der Waals surface area contributed by atoms with Crippen LogP contribution in [0.25, 0.3) is 0 Å². The fourth-order valence-electron chi connectivity index (χ4n) is 3.32. The van der Waals surface area contributed by atoms with Crippen molar-refractivity contribution in [3.63, 3.8) is 0 Å². The van der Waals surface area contributed by atoms with Gasteiger partial charge in [0.15, 0.2) is 16.6 Å². The highest BCUT2D eigenvalue weighted by Crippen LogP contribution is 2.35. The first-order valence-electron chi connectivity index (χ1n) is 10.3. The van der Waals surface area contributed by atoms with E-state index in [9.17, 15) is 4.79 Å². The normalized spacial score (nSPS) is 15.9. The van der Waals surface area contributed by atoms with E-state index in [-0.39, 0.29) is 12.1 Å². The molecule has 0 aliphatic carbocycles. The molecule has 0 unspecified atom stereocenters. The number of ether oxygens (including phenoxy) is 3. The number of hydrogen-bond donors (Lipinski definition) is 2. The minimum absolute atomic E-state index is 0.227. The van der Waals surface area contributed by atoms with Crippen LogP contribution >= 0.6 is 12.2 Å². The van der Waals surface area contributed by atoms with Crippen LogP contribution in [-0.4, -0.2) is 23.8 Å². The number of esters is 1. The quantitative estimate of drug-likeness (QED) is 0.465. The third kappa shape index (κ3) is 5.76. The summed E-state index contributed by atoms with van der Waals surface area (Å²) in [6.07, 6.45) is -0.227. The minimum atomic E-state index is -0.456. The molecule has 0 radical (unpaired) electrons. The van der Waals surface area contributed by atoms with E-state index >= 15 is 0 Å². The Bertz CT molecular complexity index is 973. The molecule has 31 heavy (non-hydrogen) atoms. The van der Waals surface area contributed by atoms with Gasteiger partial charge in [-0.1, -0.05) is 36.4 Å². The number of allylic oxidation sites excluding steroid dienone is 1. The van der Waals surface area contributed by atoms with Gasteiger partial charge in [-0.3, -0.25) is 0 Å². The first-order chi connectivity index (χ1) is 14.9. The number of nitrogens with one attached hydrogen (secondary N) is 2. The highest BCUT2D eigenvalue weighted by molar-refractivity contribution is 7.80. The molecule has 7 heteroatoms. The van der Waals surface area contributed by atoms with Crippen LogP contribution in [0.4, 0.5) is 0 Å². The molecule has 1 aliphatic heterocycles. The van der Waals surface area contributed by atoms with Gasteiger partial charge < -0.3 is 24.8 Å². The van der Waals surface area contributed by atoms with Crippen LogP contribution < -0.4 is 20.1 Å². The first kappa shape index (κ1) is 22.6. The molecule has 6 nitrogen and oxygen atoms in total. The van der Waals surface area contributed by atoms with E-state index in [2.05, 4.69) is 10.6 Å². The topological polar surface area (TPSA) is 68.8 Å². The van der Waals surface area contributed by atoms with Gasteiger partial charge in [-0.25, -0.2) is 4.79 Å². The predicted molar refractivity (Wildman–Crippen MR) is 124 cm³/mol. The van der Waals surface area contributed by atoms with Crippen molar-refractivity contribution in [1.82, 2.24) is 10.6 Å². The maximum Gasteiger partial charge on any atom is 0.338 e. The molecule has 2 N–H and O–H groups in total. The Kier molecular flexibility index (Phi) is 7.52. The third-order valence-electron chi connectivity index (χ3n) is 4.67. The molecule has 0 fully saturated rings. The highest BCUT2D eigenvalue weighted by Gasteiger charge is 2.32. The summed E-state index contributed by atoms with van der Waals surface area (Å²) < 4.78 is 17.3. The Labute approximate surface area is 188 Å². The zero-order chi connectivity index (χ0) is 22.4. The SMILES string of the molecule is CCOc1cc([C@@H]2NC(=S)NC(C)=C2C(=O)OC(C)C)ccc1OCc1ccccc1. The Morgan fingerprint density at radius 3 is 2.52 bits per heavy atom. The van der Waals surface area contributed by atoms with Crippen molar-refractivity contribution < 1.29 is 19.0 Å². The Balaban J connectivity index is 1.91. The van der Waals surface area contributed by atoms with E-state index in [0.717, 1.165) is 11.1 Å². The second kappa shape index (κ2) is 10.3. The second-order valence-electron chi connectivity index (χ2n) is 7.44. The van der Waals surface area contributed by atoms with Gasteiger partial charge in [0.25, 0.3) is 0 Å². The summed E-state index contributed by atoms with van der Waals surface area (Å²) in [5.41, 5.74) is 3.05. The van der Waals surface area contributed by atoms with Crippen molar-refractivity contribution in [2.75, 3.05) is 6.61 Å². The average Bonchev–Trinajstić information content (AvgIpc) is 2.72. The highest BCUT2D eigenvalue weighted by atomic mass is 32.1. The zero-order valence-electron chi connectivity index (χ0n) is 18.2. The maximum atomic E-state index is 12.8. The van der Waals surface area contributed by atoms with E-state index in [1.165, 1.54) is 0 Å². The van der Waals surface area contributed by atoms with Gasteiger partial charge in [-0.15, -0.1) is 0 Å². The monoisotopic (exact) mass is 440 g/mol. The summed E-state index contributed by atoms with van der Waals surface area (Å²) in [5.74, 6) is 0.858. The fraction of sp³-hybridized carbons (Fsp3) is 0.333. The van der Waals surface area contributed by atoms with Crippen LogP contribution in [0.5, 0.6) is 11.5 Å². The fourth-order valence-corrected chi connectivity index (χ4v) is 3.59. The van der Waals surface area contributed by atoms with Gasteiger partial charge in [0.2, 0.25) is 0 Å². The molecule has 2 aromatic rings. The van der Waals surface area contributed by atoms with E-state index < -0.39 is 6.04 Å². The largest absolute Gasteiger partial charge is 0.490 e. The summed E-state index contributed by atoms with van der Waals surface area (Å²) in [5, 5.41) is 6.65. The van der Waals surface area contributed by atoms with Gasteiger partial charge in [-0.2, -0.15) is 0 Å². The van der Waals surface area contributed by atoms with E-state index in [4.69, 9.17) is 26.4 Å². The van der Waals surface area contributed by atoms with E-state index in [1.807, 2.05) is 76.2 Å². The molecule has 0 aromatic heterocycles. The summed E-state index contributed by atoms with van der Waals surface area (Å²) in [6, 6.07) is 15.1. The van der Waals surface area contributed by atoms with Gasteiger partial charge in [0.05, 0.1) is 24.3 Å². The van der Waals surface area contributed by atoms with Crippen molar-refractivity contribution in [2.24, 2.45) is 0 Å². The molecule has 0 spiro atoms. The van der Waals surface area contributed by atoms with Crippen LogP contribution in [0.3, 0.4) is 0 Å². The lowest BCUT2D eigenvalue weighted by atomic mass is 9.95. The smallest absolute Gasteiger partial charge is 0.338 e. The third-order valence-corrected chi connectivity index (χ3v) is 4.89. The Morgan fingerprint density at radius 1 is 1.10 bits per heavy atom. The maximum absolute atomic E-state index is 12.8. The Hall–Kier alpha value is -3.06. The average molecular weight is 441 g/mol. The van der Waals surface area contributed by atoms with Crippen LogP contribution in [0.1, 0.15) is 44.9 Å².